The fraction of sp³-hybridized carbons (Fsp3) is 0.125. The minimum atomic E-state index is -1.01. The number of aromatic carboxylic acids is 1. The number of carbonyl (C=O) groups is 1. The van der Waals surface area contributed by atoms with Crippen molar-refractivity contribution in [1.82, 2.24) is 0 Å². The highest BCUT2D eigenvalue weighted by molar-refractivity contribution is 6.32. The van der Waals surface area contributed by atoms with Crippen LogP contribution < -0.4 is 10.2 Å². The molecule has 7 heteroatoms. The van der Waals surface area contributed by atoms with Gasteiger partial charge in [0.25, 0.3) is 0 Å². The largest absolute Gasteiger partial charge is 0.503 e. The number of hydrogen-bond donors (Lipinski definition) is 3. The van der Waals surface area contributed by atoms with Crippen LogP contribution in [0.4, 0.5) is 5.69 Å². The van der Waals surface area contributed by atoms with Crippen LogP contribution in [0.2, 0.25) is 5.02 Å². The van der Waals surface area contributed by atoms with Crippen molar-refractivity contribution >= 4 is 29.5 Å². The van der Waals surface area contributed by atoms with Crippen LogP contribution in [0.15, 0.2) is 41.5 Å². The molecule has 0 aromatic heterocycles. The number of nitrogens with zero attached hydrogens (tertiary/aromatic N) is 1. The highest BCUT2D eigenvalue weighted by Crippen LogP contribution is 2.34. The van der Waals surface area contributed by atoms with E-state index in [2.05, 4.69) is 10.5 Å². The molecule has 0 amide bonds. The number of carboxylic acid groups (broad SMARTS) is 1. The second-order valence-electron chi connectivity index (χ2n) is 4.54. The minimum absolute atomic E-state index is 0.118. The molecular formula is C16H15ClN2O4. The molecule has 2 aromatic rings. The number of rotatable bonds is 6. The van der Waals surface area contributed by atoms with Crippen molar-refractivity contribution in [1.29, 1.82) is 0 Å². The highest BCUT2D eigenvalue weighted by Gasteiger charge is 2.08. The van der Waals surface area contributed by atoms with Gasteiger partial charge >= 0.3 is 5.97 Å². The van der Waals surface area contributed by atoms with E-state index in [-0.39, 0.29) is 22.1 Å². The van der Waals surface area contributed by atoms with Gasteiger partial charge in [-0.2, -0.15) is 5.10 Å². The lowest BCUT2D eigenvalue weighted by molar-refractivity contribution is 0.0697. The lowest BCUT2D eigenvalue weighted by Crippen LogP contribution is -1.98. The normalized spacial score (nSPS) is 10.7. The quantitative estimate of drug-likeness (QED) is 0.554. The molecule has 3 N–H and O–H groups in total. The number of carboxylic acids is 1. The molecule has 0 unspecified atom stereocenters. The van der Waals surface area contributed by atoms with E-state index in [4.69, 9.17) is 21.4 Å². The predicted octanol–water partition coefficient (Wildman–Crippen LogP) is 3.59. The Balaban J connectivity index is 2.14. The number of benzene rings is 2. The zero-order valence-corrected chi connectivity index (χ0v) is 13.0. The average molecular weight is 335 g/mol. The number of ether oxygens (including phenoxy) is 1. The van der Waals surface area contributed by atoms with Crippen LogP contribution in [-0.4, -0.2) is 29.0 Å². The maximum absolute atomic E-state index is 10.9. The number of nitrogens with one attached hydrogen (secondary N) is 1. The summed E-state index contributed by atoms with van der Waals surface area (Å²) in [6.07, 6.45) is 1.49. The van der Waals surface area contributed by atoms with Gasteiger partial charge in [-0.05, 0) is 42.8 Å². The third kappa shape index (κ3) is 4.37. The van der Waals surface area contributed by atoms with Crippen molar-refractivity contribution < 1.29 is 19.7 Å². The van der Waals surface area contributed by atoms with E-state index < -0.39 is 5.97 Å². The Morgan fingerprint density at radius 3 is 2.87 bits per heavy atom. The van der Waals surface area contributed by atoms with Crippen molar-refractivity contribution in [2.45, 2.75) is 6.92 Å². The molecule has 0 bridgehead atoms. The van der Waals surface area contributed by atoms with Gasteiger partial charge in [0, 0.05) is 0 Å². The van der Waals surface area contributed by atoms with Gasteiger partial charge in [-0.25, -0.2) is 4.79 Å². The van der Waals surface area contributed by atoms with Gasteiger partial charge in [0.15, 0.2) is 11.5 Å². The Morgan fingerprint density at radius 1 is 1.39 bits per heavy atom. The van der Waals surface area contributed by atoms with E-state index in [0.717, 1.165) is 0 Å². The maximum atomic E-state index is 10.9. The van der Waals surface area contributed by atoms with Crippen LogP contribution in [-0.2, 0) is 0 Å². The molecule has 6 nitrogen and oxygen atoms in total. The van der Waals surface area contributed by atoms with Gasteiger partial charge in [0.1, 0.15) is 0 Å². The van der Waals surface area contributed by atoms with Crippen molar-refractivity contribution in [3.63, 3.8) is 0 Å². The Kier molecular flexibility index (Phi) is 5.43. The first kappa shape index (κ1) is 16.6. The molecule has 0 aliphatic rings. The molecule has 0 spiro atoms. The van der Waals surface area contributed by atoms with Crippen LogP contribution in [0.5, 0.6) is 11.5 Å². The molecule has 0 heterocycles. The standard InChI is InChI=1S/C16H15ClN2O4/c1-2-23-14-7-10(6-13(17)15(14)20)9-18-19-12-5-3-4-11(8-12)16(21)22/h3-9,19-20H,2H2,1H3,(H,21,22)/b18-9+. The molecule has 0 aliphatic carbocycles. The monoisotopic (exact) mass is 334 g/mol. The third-order valence-electron chi connectivity index (χ3n) is 2.87. The summed E-state index contributed by atoms with van der Waals surface area (Å²) in [7, 11) is 0. The molecule has 23 heavy (non-hydrogen) atoms. The first-order valence-electron chi connectivity index (χ1n) is 6.79. The molecule has 0 radical (unpaired) electrons. The summed E-state index contributed by atoms with van der Waals surface area (Å²) in [5, 5.41) is 22.9. The molecule has 2 rings (SSSR count). The molecule has 0 atom stereocenters. The molecule has 0 saturated heterocycles. The number of hydrogen-bond acceptors (Lipinski definition) is 5. The van der Waals surface area contributed by atoms with Crippen LogP contribution in [0.25, 0.3) is 0 Å². The van der Waals surface area contributed by atoms with Crippen LogP contribution >= 0.6 is 11.6 Å². The number of phenols is 1. The summed E-state index contributed by atoms with van der Waals surface area (Å²) < 4.78 is 5.28. The Bertz CT molecular complexity index is 747. The van der Waals surface area contributed by atoms with E-state index >= 15 is 0 Å². The Morgan fingerprint density at radius 2 is 2.17 bits per heavy atom. The average Bonchev–Trinajstić information content (AvgIpc) is 2.52. The van der Waals surface area contributed by atoms with Gasteiger partial charge in [-0.15, -0.1) is 0 Å². The van der Waals surface area contributed by atoms with Gasteiger partial charge in [0.2, 0.25) is 0 Å². The molecule has 0 saturated carbocycles. The topological polar surface area (TPSA) is 91.2 Å². The lowest BCUT2D eigenvalue weighted by Gasteiger charge is -2.08. The minimum Gasteiger partial charge on any atom is -0.503 e. The molecule has 0 aliphatic heterocycles. The number of hydrazone groups is 1. The van der Waals surface area contributed by atoms with E-state index in [9.17, 15) is 9.90 Å². The summed E-state index contributed by atoms with van der Waals surface area (Å²) in [5.74, 6) is -0.855. The van der Waals surface area contributed by atoms with Gasteiger partial charge in [-0.1, -0.05) is 17.7 Å². The molecule has 120 valence electrons. The molecule has 2 aromatic carbocycles. The summed E-state index contributed by atoms with van der Waals surface area (Å²) in [6.45, 7) is 2.19. The second-order valence-corrected chi connectivity index (χ2v) is 4.95. The van der Waals surface area contributed by atoms with E-state index in [1.54, 1.807) is 25.1 Å². The van der Waals surface area contributed by atoms with Crippen molar-refractivity contribution in [2.24, 2.45) is 5.10 Å². The smallest absolute Gasteiger partial charge is 0.335 e. The Labute approximate surface area is 138 Å². The third-order valence-corrected chi connectivity index (χ3v) is 3.16. The zero-order chi connectivity index (χ0) is 16.8. The fourth-order valence-electron chi connectivity index (χ4n) is 1.84. The maximum Gasteiger partial charge on any atom is 0.335 e. The second kappa shape index (κ2) is 7.51. The van der Waals surface area contributed by atoms with Gasteiger partial charge < -0.3 is 14.9 Å². The van der Waals surface area contributed by atoms with E-state index in [1.807, 2.05) is 0 Å². The van der Waals surface area contributed by atoms with Crippen LogP contribution in [0.3, 0.4) is 0 Å². The number of aromatic hydroxyl groups is 1. The summed E-state index contributed by atoms with van der Waals surface area (Å²) >= 11 is 5.93. The van der Waals surface area contributed by atoms with E-state index in [1.165, 1.54) is 24.4 Å². The number of phenolic OH excluding ortho intramolecular Hbond substituents is 1. The lowest BCUT2D eigenvalue weighted by atomic mass is 10.2. The first-order valence-corrected chi connectivity index (χ1v) is 7.16. The SMILES string of the molecule is CCOc1cc(/C=N/Nc2cccc(C(=O)O)c2)cc(Cl)c1O. The Hall–Kier alpha value is -2.73. The van der Waals surface area contributed by atoms with Crippen LogP contribution in [0.1, 0.15) is 22.8 Å². The van der Waals surface area contributed by atoms with Crippen molar-refractivity contribution in [3.05, 3.63) is 52.5 Å². The van der Waals surface area contributed by atoms with Crippen molar-refractivity contribution in [2.75, 3.05) is 12.0 Å². The van der Waals surface area contributed by atoms with Crippen molar-refractivity contribution in [3.8, 4) is 11.5 Å². The first-order chi connectivity index (χ1) is 11.0. The van der Waals surface area contributed by atoms with E-state index in [0.29, 0.717) is 17.9 Å². The zero-order valence-electron chi connectivity index (χ0n) is 12.3. The summed E-state index contributed by atoms with van der Waals surface area (Å²) in [4.78, 5) is 10.9. The fourth-order valence-corrected chi connectivity index (χ4v) is 2.06. The number of halogens is 1. The summed E-state index contributed by atoms with van der Waals surface area (Å²) in [5.41, 5.74) is 4.06. The highest BCUT2D eigenvalue weighted by atomic mass is 35.5. The molecule has 0 fully saturated rings. The van der Waals surface area contributed by atoms with Gasteiger partial charge in [-0.3, -0.25) is 5.43 Å². The predicted molar refractivity (Wildman–Crippen MR) is 88.9 cm³/mol. The summed E-state index contributed by atoms with van der Waals surface area (Å²) in [6, 6.07) is 9.41. The van der Waals surface area contributed by atoms with Crippen LogP contribution in [0, 0.1) is 0 Å². The molecular weight excluding hydrogens is 320 g/mol. The van der Waals surface area contributed by atoms with Gasteiger partial charge in [0.05, 0.1) is 29.1 Å². The number of anilines is 1.